The summed E-state index contributed by atoms with van der Waals surface area (Å²) in [4.78, 5) is 38.9. The normalized spacial score (nSPS) is 19.6. The summed E-state index contributed by atoms with van der Waals surface area (Å²) in [5, 5.41) is 31.5. The number of nitro benzene ring substituents is 1. The minimum Gasteiger partial charge on any atom is -0.394 e. The Labute approximate surface area is 230 Å². The van der Waals surface area contributed by atoms with Gasteiger partial charge in [0.25, 0.3) is 11.2 Å². The van der Waals surface area contributed by atoms with Crippen molar-refractivity contribution in [1.29, 1.82) is 0 Å². The molecule has 0 bridgehead atoms. The van der Waals surface area contributed by atoms with Crippen LogP contribution in [0.2, 0.25) is 0 Å². The minimum atomic E-state index is -0.972. The van der Waals surface area contributed by atoms with Crippen LogP contribution in [0.4, 0.5) is 5.69 Å². The molecule has 11 nitrogen and oxygen atoms in total. The molecule has 40 heavy (non-hydrogen) atoms. The number of aliphatic hydroxyl groups excluding tert-OH is 2. The molecule has 0 unspecified atom stereocenters. The highest BCUT2D eigenvalue weighted by Crippen LogP contribution is 2.41. The zero-order valence-corrected chi connectivity index (χ0v) is 22.4. The Morgan fingerprint density at radius 2 is 1.88 bits per heavy atom. The van der Waals surface area contributed by atoms with Gasteiger partial charge in [0.05, 0.1) is 41.5 Å². The minimum absolute atomic E-state index is 0.0494. The van der Waals surface area contributed by atoms with Crippen molar-refractivity contribution in [3.63, 3.8) is 0 Å². The Bertz CT molecular complexity index is 1550. The summed E-state index contributed by atoms with van der Waals surface area (Å²) in [6.45, 7) is 4.90. The van der Waals surface area contributed by atoms with Crippen molar-refractivity contribution in [2.75, 3.05) is 6.61 Å². The summed E-state index contributed by atoms with van der Waals surface area (Å²) < 4.78 is 12.8. The molecule has 0 spiro atoms. The zero-order valence-electron chi connectivity index (χ0n) is 22.4. The number of hydrogen-bond donors (Lipinski definition) is 3. The van der Waals surface area contributed by atoms with E-state index in [-0.39, 0.29) is 24.3 Å². The second-order valence-corrected chi connectivity index (χ2v) is 10.6. The van der Waals surface area contributed by atoms with Crippen LogP contribution in [0.15, 0.2) is 64.3 Å². The molecule has 1 saturated heterocycles. The van der Waals surface area contributed by atoms with Crippen LogP contribution in [0.25, 0.3) is 0 Å². The highest BCUT2D eigenvalue weighted by atomic mass is 16.6. The van der Waals surface area contributed by atoms with Gasteiger partial charge in [-0.25, -0.2) is 4.79 Å². The molecular formula is C29H31N3O8. The van der Waals surface area contributed by atoms with Crippen LogP contribution >= 0.6 is 0 Å². The number of ether oxygens (including phenoxy) is 2. The fourth-order valence-corrected chi connectivity index (χ4v) is 4.54. The quantitative estimate of drug-likeness (QED) is 0.231. The van der Waals surface area contributed by atoms with Gasteiger partial charge in [-0.05, 0) is 29.7 Å². The van der Waals surface area contributed by atoms with Gasteiger partial charge in [0.15, 0.2) is 0 Å². The van der Waals surface area contributed by atoms with Gasteiger partial charge in [-0.15, -0.1) is 0 Å². The summed E-state index contributed by atoms with van der Waals surface area (Å²) in [6.07, 6.45) is -2.18. The van der Waals surface area contributed by atoms with E-state index in [1.54, 1.807) is 12.1 Å². The molecule has 4 atom stereocenters. The average Bonchev–Trinajstić information content (AvgIpc) is 3.29. The molecule has 0 saturated carbocycles. The second-order valence-electron chi connectivity index (χ2n) is 10.6. The number of nitro groups is 1. The molecule has 210 valence electrons. The Morgan fingerprint density at radius 3 is 2.50 bits per heavy atom. The fourth-order valence-electron chi connectivity index (χ4n) is 4.54. The predicted octanol–water partition coefficient (Wildman–Crippen LogP) is 2.79. The summed E-state index contributed by atoms with van der Waals surface area (Å²) in [5.74, 6) is 5.95. The molecule has 0 radical (unpaired) electrons. The number of aliphatic hydroxyl groups is 2. The Hall–Kier alpha value is -4.08. The lowest BCUT2D eigenvalue weighted by Crippen LogP contribution is -2.35. The van der Waals surface area contributed by atoms with Crippen LogP contribution in [-0.2, 0) is 16.1 Å². The van der Waals surface area contributed by atoms with Crippen molar-refractivity contribution >= 4 is 5.69 Å². The maximum atomic E-state index is 12.6. The number of H-pyrrole nitrogens is 1. The van der Waals surface area contributed by atoms with Crippen molar-refractivity contribution in [2.45, 2.75) is 58.3 Å². The monoisotopic (exact) mass is 549 g/mol. The van der Waals surface area contributed by atoms with Gasteiger partial charge in [-0.3, -0.25) is 24.5 Å². The largest absolute Gasteiger partial charge is 0.394 e. The number of aromatic amines is 1. The Kier molecular flexibility index (Phi) is 8.66. The molecule has 3 aromatic rings. The highest BCUT2D eigenvalue weighted by molar-refractivity contribution is 5.52. The average molecular weight is 550 g/mol. The van der Waals surface area contributed by atoms with Crippen molar-refractivity contribution in [3.05, 3.63) is 108 Å². The third-order valence-electron chi connectivity index (χ3n) is 6.56. The number of aromatic nitrogens is 2. The van der Waals surface area contributed by atoms with Crippen LogP contribution in [-0.4, -0.2) is 43.5 Å². The van der Waals surface area contributed by atoms with E-state index in [0.29, 0.717) is 11.1 Å². The van der Waals surface area contributed by atoms with Gasteiger partial charge in [0.2, 0.25) is 0 Å². The topological polar surface area (TPSA) is 157 Å². The highest BCUT2D eigenvalue weighted by Gasteiger charge is 2.36. The molecule has 1 aromatic heterocycles. The number of hydrogen-bond acceptors (Lipinski definition) is 8. The summed E-state index contributed by atoms with van der Waals surface area (Å²) >= 11 is 0. The maximum absolute atomic E-state index is 12.6. The SMILES string of the molecule is CC(C)(C)[C@H](OCc1cn([C@H]2C[C@@H](O)[C@@H](CO)O2)c(=O)[nH]c1=O)c1ccc(C#Cc2ccccc2)cc1[N+](=O)[O-]. The molecule has 4 rings (SSSR count). The predicted molar refractivity (Wildman–Crippen MR) is 145 cm³/mol. The first-order valence-electron chi connectivity index (χ1n) is 12.7. The van der Waals surface area contributed by atoms with Gasteiger partial charge in [0.1, 0.15) is 12.3 Å². The smallest absolute Gasteiger partial charge is 0.330 e. The maximum Gasteiger partial charge on any atom is 0.330 e. The van der Waals surface area contributed by atoms with Crippen LogP contribution in [0.5, 0.6) is 0 Å². The Morgan fingerprint density at radius 1 is 1.18 bits per heavy atom. The van der Waals surface area contributed by atoms with E-state index >= 15 is 0 Å². The summed E-state index contributed by atoms with van der Waals surface area (Å²) in [6, 6.07) is 14.0. The van der Waals surface area contributed by atoms with Gasteiger partial charge >= 0.3 is 5.69 Å². The third-order valence-corrected chi connectivity index (χ3v) is 6.56. The first-order valence-corrected chi connectivity index (χ1v) is 12.7. The number of nitrogens with one attached hydrogen (secondary N) is 1. The molecular weight excluding hydrogens is 518 g/mol. The van der Waals surface area contributed by atoms with Gasteiger partial charge in [-0.1, -0.05) is 50.8 Å². The van der Waals surface area contributed by atoms with Gasteiger partial charge in [0, 0.05) is 29.8 Å². The van der Waals surface area contributed by atoms with Crippen molar-refractivity contribution in [1.82, 2.24) is 9.55 Å². The van der Waals surface area contributed by atoms with E-state index in [4.69, 9.17) is 9.47 Å². The lowest BCUT2D eigenvalue weighted by atomic mass is 9.83. The van der Waals surface area contributed by atoms with Crippen molar-refractivity contribution in [3.8, 4) is 11.8 Å². The van der Waals surface area contributed by atoms with Crippen molar-refractivity contribution in [2.24, 2.45) is 5.41 Å². The zero-order chi connectivity index (χ0) is 29.0. The molecule has 0 amide bonds. The van der Waals surface area contributed by atoms with Gasteiger partial charge < -0.3 is 19.7 Å². The van der Waals surface area contributed by atoms with Crippen LogP contribution < -0.4 is 11.2 Å². The van der Waals surface area contributed by atoms with Crippen LogP contribution in [0.3, 0.4) is 0 Å². The number of nitrogens with zero attached hydrogens (tertiary/aromatic N) is 2. The third kappa shape index (κ3) is 6.55. The molecule has 2 heterocycles. The molecule has 1 aliphatic rings. The standard InChI is InChI=1S/C29H31N3O8/c1-29(2,3)26(21-12-11-19(13-22(21)32(37)38)10-9-18-7-5-4-6-8-18)39-17-20-15-31(28(36)30-27(20)35)25-14-23(34)24(16-33)40-25/h4-8,11-13,15,23-26,33-34H,14,16-17H2,1-3H3,(H,30,35,36)/t23-,24-,25-,26-/m1/s1. The number of rotatable bonds is 7. The van der Waals surface area contributed by atoms with Gasteiger partial charge in [-0.2, -0.15) is 0 Å². The fraction of sp³-hybridized carbons (Fsp3) is 0.379. The van der Waals surface area contributed by atoms with E-state index in [0.717, 1.165) is 10.1 Å². The van der Waals surface area contributed by atoms with E-state index in [2.05, 4.69) is 16.8 Å². The lowest BCUT2D eigenvalue weighted by molar-refractivity contribution is -0.386. The van der Waals surface area contributed by atoms with Crippen molar-refractivity contribution < 1.29 is 24.6 Å². The molecule has 1 aliphatic heterocycles. The summed E-state index contributed by atoms with van der Waals surface area (Å²) in [7, 11) is 0. The molecule has 2 aromatic carbocycles. The lowest BCUT2D eigenvalue weighted by Gasteiger charge is -2.31. The molecule has 11 heteroatoms. The van der Waals surface area contributed by atoms with E-state index in [1.165, 1.54) is 12.3 Å². The molecule has 0 aliphatic carbocycles. The molecule has 1 fully saturated rings. The van der Waals surface area contributed by atoms with E-state index < -0.39 is 52.7 Å². The second kappa shape index (κ2) is 12.0. The first-order chi connectivity index (χ1) is 19.0. The summed E-state index contributed by atoms with van der Waals surface area (Å²) in [5.41, 5.74) is -0.533. The molecule has 3 N–H and O–H groups in total. The van der Waals surface area contributed by atoms with Crippen LogP contribution in [0.1, 0.15) is 61.8 Å². The van der Waals surface area contributed by atoms with Crippen LogP contribution in [0, 0.1) is 27.4 Å². The first kappa shape index (κ1) is 28.9. The number of benzene rings is 2. The van der Waals surface area contributed by atoms with E-state index in [1.807, 2.05) is 51.1 Å². The Balaban J connectivity index is 1.63. The van der Waals surface area contributed by atoms with E-state index in [9.17, 15) is 29.9 Å².